The minimum absolute atomic E-state index is 0.0141. The van der Waals surface area contributed by atoms with Gasteiger partial charge in [-0.25, -0.2) is 17.5 Å². The molecule has 0 aromatic heterocycles. The first-order chi connectivity index (χ1) is 9.83. The normalized spacial score (nSPS) is 11.4. The fourth-order valence-corrected chi connectivity index (χ4v) is 2.82. The quantitative estimate of drug-likeness (QED) is 0.806. The first-order valence-electron chi connectivity index (χ1n) is 5.79. The third-order valence-electron chi connectivity index (χ3n) is 2.64. The van der Waals surface area contributed by atoms with Crippen molar-refractivity contribution >= 4 is 31.6 Å². The lowest BCUT2D eigenvalue weighted by molar-refractivity contribution is 0.431. The van der Waals surface area contributed by atoms with Crippen molar-refractivity contribution in [2.45, 2.75) is 4.90 Å². The Kier molecular flexibility index (Phi) is 4.50. The molecule has 0 aliphatic heterocycles. The molecule has 2 rings (SSSR count). The third-order valence-corrected chi connectivity index (χ3v) is 4.57. The molecule has 0 saturated carbocycles. The number of rotatable bonds is 4. The van der Waals surface area contributed by atoms with Crippen LogP contribution in [0.25, 0.3) is 0 Å². The molecule has 0 unspecified atom stereocenters. The second-order valence-corrected chi connectivity index (χ2v) is 6.86. The molecule has 5 nitrogen and oxygen atoms in total. The van der Waals surface area contributed by atoms with E-state index in [2.05, 4.69) is 20.7 Å². The molecule has 0 fully saturated rings. The van der Waals surface area contributed by atoms with E-state index in [1.54, 1.807) is 6.07 Å². The summed E-state index contributed by atoms with van der Waals surface area (Å²) in [6.45, 7) is 0. The molecule has 0 bridgehead atoms. The topological polar surface area (TPSA) is 81.4 Å². The predicted octanol–water partition coefficient (Wildman–Crippen LogP) is 2.87. The second-order valence-electron chi connectivity index (χ2n) is 4.09. The molecule has 0 atom stereocenters. The fourth-order valence-electron chi connectivity index (χ4n) is 1.61. The average molecular weight is 375 g/mol. The van der Waals surface area contributed by atoms with Gasteiger partial charge in [-0.2, -0.15) is 0 Å². The minimum Gasteiger partial charge on any atom is -0.453 e. The Balaban J connectivity index is 2.50. The molecular formula is C13H12BrFN2O3S. The first-order valence-corrected chi connectivity index (χ1v) is 8.07. The third kappa shape index (κ3) is 3.52. The lowest BCUT2D eigenvalue weighted by Crippen LogP contribution is -2.19. The van der Waals surface area contributed by atoms with E-state index in [-0.39, 0.29) is 22.1 Å². The Morgan fingerprint density at radius 2 is 1.86 bits per heavy atom. The van der Waals surface area contributed by atoms with Gasteiger partial charge in [0.25, 0.3) is 0 Å². The highest BCUT2D eigenvalue weighted by molar-refractivity contribution is 9.10. The summed E-state index contributed by atoms with van der Waals surface area (Å²) < 4.78 is 45.8. The summed E-state index contributed by atoms with van der Waals surface area (Å²) in [5, 5.41) is 0. The largest absolute Gasteiger partial charge is 0.453 e. The summed E-state index contributed by atoms with van der Waals surface area (Å²) in [4.78, 5) is -0.160. The number of ether oxygens (including phenoxy) is 1. The lowest BCUT2D eigenvalue weighted by atomic mass is 10.3. The average Bonchev–Trinajstić information content (AvgIpc) is 2.43. The zero-order valence-corrected chi connectivity index (χ0v) is 13.3. The molecule has 0 aliphatic rings. The number of sulfonamides is 1. The summed E-state index contributed by atoms with van der Waals surface area (Å²) in [6.07, 6.45) is 0. The van der Waals surface area contributed by atoms with Crippen LogP contribution in [0.15, 0.2) is 45.8 Å². The van der Waals surface area contributed by atoms with Gasteiger partial charge in [0, 0.05) is 10.2 Å². The summed E-state index contributed by atoms with van der Waals surface area (Å²) in [6, 6.07) is 8.30. The maximum Gasteiger partial charge on any atom is 0.244 e. The minimum atomic E-state index is -3.78. The van der Waals surface area contributed by atoms with Crippen molar-refractivity contribution < 1.29 is 17.5 Å². The van der Waals surface area contributed by atoms with Gasteiger partial charge in [0.1, 0.15) is 10.6 Å². The molecular weight excluding hydrogens is 363 g/mol. The van der Waals surface area contributed by atoms with Crippen molar-refractivity contribution in [3.63, 3.8) is 0 Å². The maximum absolute atomic E-state index is 13.8. The van der Waals surface area contributed by atoms with Crippen molar-refractivity contribution in [3.05, 3.63) is 46.7 Å². The summed E-state index contributed by atoms with van der Waals surface area (Å²) in [7, 11) is -2.51. The van der Waals surface area contributed by atoms with Crippen LogP contribution in [0.1, 0.15) is 0 Å². The molecule has 0 amide bonds. The Labute approximate surface area is 130 Å². The smallest absolute Gasteiger partial charge is 0.244 e. The number of anilines is 1. The van der Waals surface area contributed by atoms with Crippen molar-refractivity contribution in [1.29, 1.82) is 0 Å². The van der Waals surface area contributed by atoms with Gasteiger partial charge >= 0.3 is 0 Å². The monoisotopic (exact) mass is 374 g/mol. The zero-order chi connectivity index (χ0) is 15.6. The highest BCUT2D eigenvalue weighted by atomic mass is 79.9. The first kappa shape index (κ1) is 15.7. The van der Waals surface area contributed by atoms with E-state index in [1.165, 1.54) is 37.4 Å². The van der Waals surface area contributed by atoms with Crippen molar-refractivity contribution in [2.75, 3.05) is 12.8 Å². The van der Waals surface area contributed by atoms with Crippen LogP contribution in [-0.4, -0.2) is 15.5 Å². The van der Waals surface area contributed by atoms with Crippen LogP contribution in [0.5, 0.6) is 11.5 Å². The summed E-state index contributed by atoms with van der Waals surface area (Å²) in [5.41, 5.74) is 5.85. The van der Waals surface area contributed by atoms with Crippen molar-refractivity contribution in [3.8, 4) is 11.5 Å². The predicted molar refractivity (Wildman–Crippen MR) is 81.3 cm³/mol. The summed E-state index contributed by atoms with van der Waals surface area (Å²) in [5.74, 6) is -0.718. The molecule has 112 valence electrons. The van der Waals surface area contributed by atoms with E-state index in [9.17, 15) is 12.8 Å². The molecule has 0 radical (unpaired) electrons. The van der Waals surface area contributed by atoms with Gasteiger partial charge in [0.15, 0.2) is 11.6 Å². The maximum atomic E-state index is 13.8. The van der Waals surface area contributed by atoms with Crippen LogP contribution in [0, 0.1) is 5.82 Å². The van der Waals surface area contributed by atoms with Gasteiger partial charge in [-0.3, -0.25) is 0 Å². The van der Waals surface area contributed by atoms with Gasteiger partial charge in [-0.15, -0.1) is 0 Å². The lowest BCUT2D eigenvalue weighted by Gasteiger charge is -2.12. The van der Waals surface area contributed by atoms with E-state index in [0.717, 1.165) is 0 Å². The number of hydrogen-bond donors (Lipinski definition) is 2. The fraction of sp³-hybridized carbons (Fsp3) is 0.0769. The van der Waals surface area contributed by atoms with E-state index in [1.807, 2.05) is 0 Å². The van der Waals surface area contributed by atoms with Crippen molar-refractivity contribution in [2.24, 2.45) is 0 Å². The number of nitrogens with one attached hydrogen (secondary N) is 1. The molecule has 0 aliphatic carbocycles. The molecule has 8 heteroatoms. The molecule has 2 aromatic carbocycles. The second kappa shape index (κ2) is 6.00. The molecule has 2 aromatic rings. The van der Waals surface area contributed by atoms with E-state index >= 15 is 0 Å². The Morgan fingerprint density at radius 1 is 1.19 bits per heavy atom. The van der Waals surface area contributed by atoms with Gasteiger partial charge < -0.3 is 10.5 Å². The number of nitrogen functional groups attached to an aromatic ring is 1. The standard InChI is InChI=1S/C13H12BrFN2O3S/c1-17-21(18,19)13-7-9(16)3-5-12(13)20-11-4-2-8(14)6-10(11)15/h2-7,17H,16H2,1H3. The number of nitrogens with two attached hydrogens (primary N) is 1. The van der Waals surface area contributed by atoms with Gasteiger partial charge in [0.05, 0.1) is 0 Å². The van der Waals surface area contributed by atoms with Crippen LogP contribution in [-0.2, 0) is 10.0 Å². The Bertz CT molecular complexity index is 781. The zero-order valence-electron chi connectivity index (χ0n) is 10.9. The SMILES string of the molecule is CNS(=O)(=O)c1cc(N)ccc1Oc1ccc(Br)cc1F. The molecule has 0 spiro atoms. The highest BCUT2D eigenvalue weighted by Gasteiger charge is 2.19. The van der Waals surface area contributed by atoms with Crippen molar-refractivity contribution in [1.82, 2.24) is 4.72 Å². The Morgan fingerprint density at radius 3 is 2.48 bits per heavy atom. The van der Waals surface area contributed by atoms with Gasteiger partial charge in [-0.05, 0) is 43.4 Å². The van der Waals surface area contributed by atoms with Crippen LogP contribution in [0.2, 0.25) is 0 Å². The summed E-state index contributed by atoms with van der Waals surface area (Å²) >= 11 is 3.13. The highest BCUT2D eigenvalue weighted by Crippen LogP contribution is 2.32. The number of halogens is 2. The van der Waals surface area contributed by atoms with Gasteiger partial charge in [-0.1, -0.05) is 15.9 Å². The van der Waals surface area contributed by atoms with E-state index < -0.39 is 15.8 Å². The van der Waals surface area contributed by atoms with Gasteiger partial charge in [0.2, 0.25) is 10.0 Å². The number of hydrogen-bond acceptors (Lipinski definition) is 4. The van der Waals surface area contributed by atoms with Crippen LogP contribution >= 0.6 is 15.9 Å². The molecule has 0 saturated heterocycles. The van der Waals surface area contributed by atoms with E-state index in [4.69, 9.17) is 10.5 Å². The van der Waals surface area contributed by atoms with Crippen LogP contribution < -0.4 is 15.2 Å². The molecule has 3 N–H and O–H groups in total. The number of benzene rings is 2. The Hall–Kier alpha value is -1.64. The van der Waals surface area contributed by atoms with Crippen LogP contribution in [0.3, 0.4) is 0 Å². The molecule has 0 heterocycles. The molecule has 21 heavy (non-hydrogen) atoms. The van der Waals surface area contributed by atoms with Crippen LogP contribution in [0.4, 0.5) is 10.1 Å². The van der Waals surface area contributed by atoms with E-state index in [0.29, 0.717) is 4.47 Å².